The molecule has 232 valence electrons. The molecule has 0 aromatic heterocycles. The molecule has 0 unspecified atom stereocenters. The van der Waals surface area contributed by atoms with Gasteiger partial charge in [-0.25, -0.2) is 0 Å². The molecular weight excluding hydrogens is 562 g/mol. The molecule has 1 saturated heterocycles. The Morgan fingerprint density at radius 1 is 1.02 bits per heavy atom. The van der Waals surface area contributed by atoms with Crippen LogP contribution in [0.3, 0.4) is 0 Å². The van der Waals surface area contributed by atoms with Crippen LogP contribution in [0.5, 0.6) is 28.7 Å². The van der Waals surface area contributed by atoms with Crippen LogP contribution >= 0.6 is 0 Å². The first-order chi connectivity index (χ1) is 20.2. The number of rotatable bonds is 6. The Bertz CT molecular complexity index is 1540. The highest BCUT2D eigenvalue weighted by atomic mass is 28.4. The number of aliphatic hydroxyl groups excluding tert-OH is 1. The SMILES string of the molecule is COc1c(C)cc2c(c1O)[C@@H]1C3=Cc4c(O[Si](C)(C)C(C)(C)C)c(C)c(OC)c(OC)c4[C@H](CO)N3[C@@H](C#N)[C@@H](C2)N1C. The summed E-state index contributed by atoms with van der Waals surface area (Å²) in [5, 5.41) is 33.3. The molecule has 5 rings (SSSR count). The van der Waals surface area contributed by atoms with Crippen molar-refractivity contribution in [3.8, 4) is 34.8 Å². The maximum Gasteiger partial charge on any atom is 0.250 e. The lowest BCUT2D eigenvalue weighted by molar-refractivity contribution is 0.00466. The summed E-state index contributed by atoms with van der Waals surface area (Å²) in [4.78, 5) is 4.20. The van der Waals surface area contributed by atoms with Gasteiger partial charge in [-0.05, 0) is 62.7 Å². The quantitative estimate of drug-likeness (QED) is 0.405. The molecule has 2 bridgehead atoms. The number of hydrogen-bond donors (Lipinski definition) is 2. The van der Waals surface area contributed by atoms with E-state index in [1.807, 2.05) is 25.8 Å². The van der Waals surface area contributed by atoms with Crippen LogP contribution in [0.1, 0.15) is 66.2 Å². The summed E-state index contributed by atoms with van der Waals surface area (Å²) in [5.41, 5.74) is 5.77. The number of methoxy groups -OCH3 is 3. The summed E-state index contributed by atoms with van der Waals surface area (Å²) in [6.07, 6.45) is 2.64. The summed E-state index contributed by atoms with van der Waals surface area (Å²) >= 11 is 0. The topological polar surface area (TPSA) is 108 Å². The fourth-order valence-electron chi connectivity index (χ4n) is 6.99. The van der Waals surface area contributed by atoms with Crippen LogP contribution in [-0.2, 0) is 6.42 Å². The number of piperazine rings is 1. The average Bonchev–Trinajstić information content (AvgIpc) is 2.93. The molecule has 3 heterocycles. The third kappa shape index (κ3) is 4.39. The average molecular weight is 608 g/mol. The van der Waals surface area contributed by atoms with Gasteiger partial charge in [-0.1, -0.05) is 26.8 Å². The van der Waals surface area contributed by atoms with Gasteiger partial charge in [-0.15, -0.1) is 0 Å². The third-order valence-corrected chi connectivity index (χ3v) is 14.5. The monoisotopic (exact) mass is 607 g/mol. The first kappa shape index (κ1) is 31.0. The Morgan fingerprint density at radius 3 is 2.19 bits per heavy atom. The van der Waals surface area contributed by atoms with E-state index in [0.29, 0.717) is 29.4 Å². The molecular formula is C33H45N3O6Si. The van der Waals surface area contributed by atoms with Crippen molar-refractivity contribution in [3.05, 3.63) is 45.1 Å². The van der Waals surface area contributed by atoms with Gasteiger partial charge in [0.1, 0.15) is 11.8 Å². The zero-order valence-corrected chi connectivity index (χ0v) is 28.2. The number of benzene rings is 2. The van der Waals surface area contributed by atoms with Gasteiger partial charge in [-0.3, -0.25) is 4.90 Å². The minimum absolute atomic E-state index is 0.0730. The Kier molecular flexibility index (Phi) is 7.69. The first-order valence-corrected chi connectivity index (χ1v) is 17.7. The van der Waals surface area contributed by atoms with Crippen LogP contribution < -0.4 is 18.6 Å². The lowest BCUT2D eigenvalue weighted by Crippen LogP contribution is -2.62. The molecule has 1 fully saturated rings. The molecule has 2 N–H and O–H groups in total. The number of likely N-dealkylation sites (N-methyl/N-ethyl adjacent to an activating group) is 1. The van der Waals surface area contributed by atoms with E-state index in [0.717, 1.165) is 39.1 Å². The van der Waals surface area contributed by atoms with Crippen LogP contribution in [0.2, 0.25) is 18.1 Å². The van der Waals surface area contributed by atoms with E-state index in [9.17, 15) is 15.5 Å². The molecule has 0 spiro atoms. The van der Waals surface area contributed by atoms with E-state index in [4.69, 9.17) is 18.6 Å². The zero-order chi connectivity index (χ0) is 31.8. The van der Waals surface area contributed by atoms with Crippen LogP contribution in [0.15, 0.2) is 11.8 Å². The van der Waals surface area contributed by atoms with Crippen molar-refractivity contribution in [3.63, 3.8) is 0 Å². The van der Waals surface area contributed by atoms with Crippen molar-refractivity contribution in [2.75, 3.05) is 35.0 Å². The molecule has 0 radical (unpaired) electrons. The third-order valence-electron chi connectivity index (χ3n) is 10.1. The van der Waals surface area contributed by atoms with Gasteiger partial charge in [0.25, 0.3) is 8.32 Å². The van der Waals surface area contributed by atoms with E-state index in [1.165, 1.54) is 0 Å². The number of aromatic hydroxyl groups is 1. The molecule has 3 aliphatic heterocycles. The van der Waals surface area contributed by atoms with Crippen molar-refractivity contribution < 1.29 is 28.8 Å². The number of phenolic OH excluding ortho intramolecular Hbond substituents is 1. The number of hydrogen-bond acceptors (Lipinski definition) is 9. The Balaban J connectivity index is 1.89. The fourth-order valence-corrected chi connectivity index (χ4v) is 8.07. The highest BCUT2D eigenvalue weighted by Crippen LogP contribution is 2.58. The van der Waals surface area contributed by atoms with Crippen molar-refractivity contribution in [1.82, 2.24) is 9.80 Å². The molecule has 0 amide bonds. The summed E-state index contributed by atoms with van der Waals surface area (Å²) in [6.45, 7) is 14.6. The van der Waals surface area contributed by atoms with E-state index in [1.54, 1.807) is 21.3 Å². The normalized spacial score (nSPS) is 23.0. The number of fused-ring (bicyclic) bond motifs is 7. The van der Waals surface area contributed by atoms with E-state index in [-0.39, 0.29) is 29.5 Å². The summed E-state index contributed by atoms with van der Waals surface area (Å²) in [7, 11) is 4.44. The van der Waals surface area contributed by atoms with Crippen LogP contribution in [0.4, 0.5) is 0 Å². The van der Waals surface area contributed by atoms with E-state index in [2.05, 4.69) is 57.0 Å². The lowest BCUT2D eigenvalue weighted by Gasteiger charge is -2.57. The molecule has 9 nitrogen and oxygen atoms in total. The second-order valence-electron chi connectivity index (χ2n) is 13.4. The molecule has 2 aromatic carbocycles. The second-order valence-corrected chi connectivity index (χ2v) is 18.2. The summed E-state index contributed by atoms with van der Waals surface area (Å²) in [6, 6.07) is 2.89. The highest BCUT2D eigenvalue weighted by Gasteiger charge is 2.53. The maximum absolute atomic E-state index is 11.6. The molecule has 43 heavy (non-hydrogen) atoms. The lowest BCUT2D eigenvalue weighted by atomic mass is 9.75. The summed E-state index contributed by atoms with van der Waals surface area (Å²) in [5.74, 6) is 2.32. The van der Waals surface area contributed by atoms with Gasteiger partial charge in [0.2, 0.25) is 0 Å². The Labute approximate surface area is 256 Å². The fraction of sp³-hybridized carbons (Fsp3) is 0.545. The number of ether oxygens (including phenoxy) is 3. The molecule has 0 aliphatic carbocycles. The second kappa shape index (κ2) is 10.6. The smallest absolute Gasteiger partial charge is 0.250 e. The molecule has 4 atom stereocenters. The van der Waals surface area contributed by atoms with Gasteiger partial charge >= 0.3 is 0 Å². The molecule has 2 aromatic rings. The van der Waals surface area contributed by atoms with Gasteiger partial charge in [-0.2, -0.15) is 5.26 Å². The number of aryl methyl sites for hydroxylation is 1. The minimum Gasteiger partial charge on any atom is -0.543 e. The van der Waals surface area contributed by atoms with Crippen LogP contribution in [-0.4, -0.2) is 75.4 Å². The van der Waals surface area contributed by atoms with Crippen molar-refractivity contribution in [2.24, 2.45) is 0 Å². The number of phenols is 1. The minimum atomic E-state index is -2.34. The van der Waals surface area contributed by atoms with Crippen LogP contribution in [0.25, 0.3) is 6.08 Å². The summed E-state index contributed by atoms with van der Waals surface area (Å²) < 4.78 is 24.6. The molecule has 3 aliphatic rings. The Hall–Kier alpha value is -3.39. The van der Waals surface area contributed by atoms with Crippen molar-refractivity contribution in [2.45, 2.75) is 83.3 Å². The van der Waals surface area contributed by atoms with E-state index >= 15 is 0 Å². The molecule has 10 heteroatoms. The van der Waals surface area contributed by atoms with Crippen molar-refractivity contribution in [1.29, 1.82) is 5.26 Å². The van der Waals surface area contributed by atoms with Crippen molar-refractivity contribution >= 4 is 14.4 Å². The van der Waals surface area contributed by atoms with Gasteiger partial charge in [0.15, 0.2) is 23.0 Å². The molecule has 0 saturated carbocycles. The van der Waals surface area contributed by atoms with Crippen LogP contribution in [0, 0.1) is 25.2 Å². The Morgan fingerprint density at radius 2 is 1.65 bits per heavy atom. The number of nitriles is 1. The van der Waals surface area contributed by atoms with E-state index < -0.39 is 20.4 Å². The predicted octanol–water partition coefficient (Wildman–Crippen LogP) is 5.61. The highest BCUT2D eigenvalue weighted by molar-refractivity contribution is 6.74. The van der Waals surface area contributed by atoms with Gasteiger partial charge in [0, 0.05) is 34.0 Å². The maximum atomic E-state index is 11.6. The largest absolute Gasteiger partial charge is 0.543 e. The number of aliphatic hydroxyl groups is 1. The zero-order valence-electron chi connectivity index (χ0n) is 27.2. The van der Waals surface area contributed by atoms with Gasteiger partial charge in [0.05, 0.1) is 46.1 Å². The first-order valence-electron chi connectivity index (χ1n) is 14.8. The number of nitrogens with zero attached hydrogens (tertiary/aromatic N) is 3. The predicted molar refractivity (Wildman–Crippen MR) is 169 cm³/mol. The standard InChI is InChI=1S/C33H45N3O6Si/c1-17-12-19-13-21-23(15-34)36-22(27(35(21)6)25(19)28(38)29(17)39-7)14-20-26(24(36)16-37)32(41-9)31(40-8)18(2)30(20)42-43(10,11)33(3,4)5/h12,14,21,23-24,27,37-38H,13,16H2,1-11H3/t21-,23+,24+,27+/m1/s1. The van der Waals surface area contributed by atoms with Gasteiger partial charge < -0.3 is 33.7 Å².